The Bertz CT molecular complexity index is 3770. The number of nitrogens with one attached hydrogen (secondary N) is 5. The summed E-state index contributed by atoms with van der Waals surface area (Å²) in [5.74, 6) is -6.06. The number of carbonyl (C=O) groups is 4. The minimum Gasteiger partial charge on any atom is -0.478 e. The van der Waals surface area contributed by atoms with E-state index in [1.54, 1.807) is 49.4 Å². The standard InChI is InChI=1S/C30H28F3N7O2.C24H24F2N6O3.C6H6FN/c1-17-11-12-18(28(41)36-24-10-5-4-7-21(24)31)15-19(17)25-20-16-35-30(42)40(26-22(32)8-6-9-23(26)33)27(20)38-29(37-25)34-13-14-39(2)3;1-13-7-8-14(22(33)34)11-15(13)19-16-12-28-24(35)32(20-17(25)5-4-6-18(20)26)21(16)30-23(29-19)27-9-10-31(2)3;7-5-3-1-2-4-6(5)8/h4-12,15H,13-14,16H2,1-3H3,(H,35,42)(H,36,41)(H,34,37,38);4-8,11H,9-10,12H2,1-3H3,(H,28,35)(H,33,34)(H,27,29,30);1-4H,8H2. The number of hydrogen-bond acceptors (Lipinski definition) is 13. The molecule has 25 heteroatoms. The quantitative estimate of drug-likeness (QED) is 0.0373. The second kappa shape index (κ2) is 26.8. The number of amides is 5. The van der Waals surface area contributed by atoms with Crippen LogP contribution in [0.2, 0.25) is 0 Å². The first-order valence-corrected chi connectivity index (χ1v) is 26.3. The van der Waals surface area contributed by atoms with Gasteiger partial charge in [-0.25, -0.2) is 60.5 Å². The van der Waals surface area contributed by atoms with E-state index < -0.39 is 64.4 Å². The molecule has 0 bridgehead atoms. The average Bonchev–Trinajstić information content (AvgIpc) is 1.04. The maximum atomic E-state index is 14.9. The molecule has 4 heterocycles. The number of carboxylic acids is 1. The topological polar surface area (TPSA) is 239 Å². The predicted molar refractivity (Wildman–Crippen MR) is 312 cm³/mol. The Labute approximate surface area is 484 Å². The van der Waals surface area contributed by atoms with Crippen molar-refractivity contribution < 1.29 is 50.6 Å². The molecule has 0 spiro atoms. The molecule has 5 amide bonds. The summed E-state index contributed by atoms with van der Waals surface area (Å²) in [6.07, 6.45) is 0. The number of rotatable bonds is 15. The predicted octanol–water partition coefficient (Wildman–Crippen LogP) is 10.6. The summed E-state index contributed by atoms with van der Waals surface area (Å²) in [4.78, 5) is 74.5. The van der Waals surface area contributed by atoms with E-state index in [0.717, 1.165) is 45.2 Å². The lowest BCUT2D eigenvalue weighted by Gasteiger charge is -2.31. The summed E-state index contributed by atoms with van der Waals surface area (Å²) in [6, 6.07) is 26.6. The van der Waals surface area contributed by atoms with Crippen molar-refractivity contribution in [2.75, 3.05) is 85.9 Å². The van der Waals surface area contributed by atoms with Gasteiger partial charge in [0.25, 0.3) is 5.91 Å². The number of nitrogen functional groups attached to an aromatic ring is 1. The number of likely N-dealkylation sites (N-methyl/N-ethyl adjacent to an activating group) is 2. The highest BCUT2D eigenvalue weighted by Crippen LogP contribution is 2.41. The third-order valence-corrected chi connectivity index (χ3v) is 13.2. The molecule has 440 valence electrons. The van der Waals surface area contributed by atoms with Gasteiger partial charge in [-0.3, -0.25) is 4.79 Å². The van der Waals surface area contributed by atoms with Crippen LogP contribution in [0.3, 0.4) is 0 Å². The summed E-state index contributed by atoms with van der Waals surface area (Å²) < 4.78 is 85.7. The van der Waals surface area contributed by atoms with Crippen molar-refractivity contribution in [2.24, 2.45) is 0 Å². The number of nitrogens with zero attached hydrogens (tertiary/aromatic N) is 8. The van der Waals surface area contributed by atoms with Gasteiger partial charge in [0.05, 0.1) is 41.4 Å². The van der Waals surface area contributed by atoms with Crippen LogP contribution in [0.25, 0.3) is 22.5 Å². The van der Waals surface area contributed by atoms with Gasteiger partial charge in [-0.1, -0.05) is 48.5 Å². The molecule has 0 atom stereocenters. The van der Waals surface area contributed by atoms with Gasteiger partial charge in [0, 0.05) is 54.0 Å². The van der Waals surface area contributed by atoms with E-state index in [0.29, 0.717) is 59.8 Å². The van der Waals surface area contributed by atoms with Crippen LogP contribution in [0.1, 0.15) is 43.0 Å². The Morgan fingerprint density at radius 3 is 1.39 bits per heavy atom. The van der Waals surface area contributed by atoms with Crippen molar-refractivity contribution in [3.05, 3.63) is 190 Å². The van der Waals surface area contributed by atoms with Crippen LogP contribution in [0, 0.1) is 48.8 Å². The third-order valence-electron chi connectivity index (χ3n) is 13.2. The summed E-state index contributed by atoms with van der Waals surface area (Å²) >= 11 is 0. The average molecular weight is 1170 g/mol. The van der Waals surface area contributed by atoms with Crippen molar-refractivity contribution in [1.29, 1.82) is 0 Å². The van der Waals surface area contributed by atoms with Gasteiger partial charge in [-0.05, 0) is 126 Å². The molecule has 0 radical (unpaired) electrons. The number of halogens is 6. The molecule has 10 rings (SSSR count). The van der Waals surface area contributed by atoms with Gasteiger partial charge in [0.2, 0.25) is 11.9 Å². The Hall–Kier alpha value is -10.1. The summed E-state index contributed by atoms with van der Waals surface area (Å²) in [5, 5.41) is 23.5. The SMILES string of the molecule is Cc1ccc(C(=O)Nc2ccccc2F)cc1-c1nc(NCCN(C)C)nc2c1CNC(=O)N2c1c(F)cccc1F.Cc1ccc(C(=O)O)cc1-c1nc(NCCN(C)C)nc2c1CNC(=O)N2c1c(F)cccc1F.Nc1ccccc1F. The monoisotopic (exact) mass is 1170 g/mol. The van der Waals surface area contributed by atoms with Gasteiger partial charge in [-0.15, -0.1) is 0 Å². The Balaban J connectivity index is 0.000000198. The van der Waals surface area contributed by atoms with Gasteiger partial charge >= 0.3 is 18.0 Å². The molecule has 85 heavy (non-hydrogen) atoms. The number of nitrogens with two attached hydrogens (primary N) is 1. The molecule has 8 aromatic rings. The first kappa shape index (κ1) is 60.9. The maximum Gasteiger partial charge on any atom is 0.335 e. The number of aromatic nitrogens is 4. The molecule has 2 aliphatic heterocycles. The zero-order valence-corrected chi connectivity index (χ0v) is 46.8. The summed E-state index contributed by atoms with van der Waals surface area (Å²) in [7, 11) is 7.59. The van der Waals surface area contributed by atoms with Crippen molar-refractivity contribution in [1.82, 2.24) is 40.4 Å². The molecule has 19 nitrogen and oxygen atoms in total. The summed E-state index contributed by atoms with van der Waals surface area (Å²) in [6.45, 7) is 5.75. The zero-order valence-electron chi connectivity index (χ0n) is 46.8. The molecule has 0 saturated heterocycles. The van der Waals surface area contributed by atoms with Gasteiger partial charge in [-0.2, -0.15) is 9.97 Å². The van der Waals surface area contributed by atoms with Crippen LogP contribution in [0.4, 0.5) is 82.2 Å². The maximum absolute atomic E-state index is 14.9. The van der Waals surface area contributed by atoms with Crippen molar-refractivity contribution >= 4 is 70.2 Å². The third kappa shape index (κ3) is 14.2. The molecule has 6 aromatic carbocycles. The molecular formula is C60H58F6N14O5. The normalized spacial score (nSPS) is 12.4. The molecule has 0 unspecified atom stereocenters. The fraction of sp³-hybridized carbons (Fsp3) is 0.200. The number of benzene rings is 6. The lowest BCUT2D eigenvalue weighted by molar-refractivity contribution is 0.0696. The summed E-state index contributed by atoms with van der Waals surface area (Å²) in [5.41, 5.74) is 8.51. The molecular weight excluding hydrogens is 1110 g/mol. The lowest BCUT2D eigenvalue weighted by atomic mass is 9.97. The number of fused-ring (bicyclic) bond motifs is 2. The van der Waals surface area contributed by atoms with Crippen LogP contribution in [0.15, 0.2) is 121 Å². The molecule has 0 aliphatic carbocycles. The van der Waals surface area contributed by atoms with E-state index in [-0.39, 0.29) is 64.9 Å². The van der Waals surface area contributed by atoms with Crippen LogP contribution in [0.5, 0.6) is 0 Å². The fourth-order valence-electron chi connectivity index (χ4n) is 8.79. The first-order valence-electron chi connectivity index (χ1n) is 26.3. The number of para-hydroxylation sites is 4. The van der Waals surface area contributed by atoms with Crippen molar-refractivity contribution in [2.45, 2.75) is 26.9 Å². The van der Waals surface area contributed by atoms with E-state index >= 15 is 0 Å². The van der Waals surface area contributed by atoms with Crippen molar-refractivity contribution in [3.8, 4) is 22.5 Å². The number of aromatic carboxylic acids is 1. The second-order valence-electron chi connectivity index (χ2n) is 19.8. The van der Waals surface area contributed by atoms with Gasteiger partial charge < -0.3 is 47.2 Å². The van der Waals surface area contributed by atoms with E-state index in [4.69, 9.17) is 10.7 Å². The van der Waals surface area contributed by atoms with Crippen LogP contribution in [-0.4, -0.2) is 113 Å². The number of anilines is 8. The van der Waals surface area contributed by atoms with E-state index in [2.05, 4.69) is 41.5 Å². The molecule has 8 N–H and O–H groups in total. The van der Waals surface area contributed by atoms with E-state index in [9.17, 15) is 50.6 Å². The minimum atomic E-state index is -1.11. The van der Waals surface area contributed by atoms with E-state index in [1.165, 1.54) is 54.6 Å². The first-order chi connectivity index (χ1) is 40.6. The Morgan fingerprint density at radius 2 is 0.976 bits per heavy atom. The molecule has 0 fully saturated rings. The highest BCUT2D eigenvalue weighted by atomic mass is 19.2. The number of urea groups is 2. The second-order valence-corrected chi connectivity index (χ2v) is 19.8. The van der Waals surface area contributed by atoms with Crippen LogP contribution < -0.4 is 42.1 Å². The minimum absolute atomic E-state index is 0.000661. The Morgan fingerprint density at radius 1 is 0.565 bits per heavy atom. The lowest BCUT2D eigenvalue weighted by Crippen LogP contribution is -2.43. The van der Waals surface area contributed by atoms with Crippen LogP contribution in [-0.2, 0) is 13.1 Å². The van der Waals surface area contributed by atoms with Gasteiger partial charge in [0.15, 0.2) is 11.6 Å². The number of hydrogen-bond donors (Lipinski definition) is 7. The number of aryl methyl sites for hydroxylation is 2. The number of carboxylic acid groups (broad SMARTS) is 1. The van der Waals surface area contributed by atoms with Crippen molar-refractivity contribution in [3.63, 3.8) is 0 Å². The fourth-order valence-corrected chi connectivity index (χ4v) is 8.79. The smallest absolute Gasteiger partial charge is 0.335 e. The molecule has 2 aromatic heterocycles. The van der Waals surface area contributed by atoms with Gasteiger partial charge in [0.1, 0.15) is 46.3 Å². The molecule has 0 saturated carbocycles. The zero-order chi connectivity index (χ0) is 61.2. The largest absolute Gasteiger partial charge is 0.478 e. The van der Waals surface area contributed by atoms with Crippen LogP contribution >= 0.6 is 0 Å². The molecule has 2 aliphatic rings. The Kier molecular flexibility index (Phi) is 19.2. The highest BCUT2D eigenvalue weighted by molar-refractivity contribution is 6.06. The number of carbonyl (C=O) groups excluding carboxylic acids is 3. The van der Waals surface area contributed by atoms with E-state index in [1.807, 2.05) is 44.9 Å². The highest BCUT2D eigenvalue weighted by Gasteiger charge is 2.36.